The van der Waals surface area contributed by atoms with Crippen molar-refractivity contribution >= 4 is 16.7 Å². The van der Waals surface area contributed by atoms with Crippen molar-refractivity contribution in [3.05, 3.63) is 70.6 Å². The Morgan fingerprint density at radius 2 is 1.80 bits per heavy atom. The van der Waals surface area contributed by atoms with Gasteiger partial charge in [0.2, 0.25) is 0 Å². The number of hydrogen-bond donors (Lipinski definition) is 1. The standard InChI is InChI=1S/C24H28N4O2/c1-18-10-7-8-16-27(18)17-9-15-25-23(29)22-20-13-5-6-14-21(20)24(30)28(26-22)19-11-3-2-4-12-19/h2-6,11-14,18H,7-10,15-17H2,1H3,(H,25,29)/t18-/m1/s1. The predicted octanol–water partition coefficient (Wildman–Crippen LogP) is 3.38. The molecule has 1 N–H and O–H groups in total. The summed E-state index contributed by atoms with van der Waals surface area (Å²) in [5.74, 6) is -0.248. The molecule has 6 heteroatoms. The average molecular weight is 405 g/mol. The number of fused-ring (bicyclic) bond motifs is 1. The molecule has 30 heavy (non-hydrogen) atoms. The van der Waals surface area contributed by atoms with Gasteiger partial charge in [-0.05, 0) is 50.9 Å². The lowest BCUT2D eigenvalue weighted by Gasteiger charge is -2.33. The second-order valence-electron chi connectivity index (χ2n) is 7.94. The van der Waals surface area contributed by atoms with Gasteiger partial charge in [-0.25, -0.2) is 0 Å². The Morgan fingerprint density at radius 3 is 2.57 bits per heavy atom. The molecule has 1 atom stereocenters. The maximum absolute atomic E-state index is 13.0. The fraction of sp³-hybridized carbons (Fsp3) is 0.375. The molecule has 2 aromatic carbocycles. The molecule has 3 aromatic rings. The van der Waals surface area contributed by atoms with Gasteiger partial charge < -0.3 is 10.2 Å². The van der Waals surface area contributed by atoms with Crippen LogP contribution in [-0.2, 0) is 0 Å². The van der Waals surface area contributed by atoms with E-state index in [4.69, 9.17) is 0 Å². The molecule has 0 saturated carbocycles. The zero-order chi connectivity index (χ0) is 20.9. The first-order valence-corrected chi connectivity index (χ1v) is 10.7. The molecule has 1 saturated heterocycles. The summed E-state index contributed by atoms with van der Waals surface area (Å²) in [5, 5.41) is 8.50. The summed E-state index contributed by atoms with van der Waals surface area (Å²) in [6.07, 6.45) is 4.72. The highest BCUT2D eigenvalue weighted by atomic mass is 16.2. The van der Waals surface area contributed by atoms with Crippen LogP contribution in [0.3, 0.4) is 0 Å². The van der Waals surface area contributed by atoms with Gasteiger partial charge in [0.15, 0.2) is 5.69 Å². The van der Waals surface area contributed by atoms with Gasteiger partial charge in [-0.3, -0.25) is 9.59 Å². The number of para-hydroxylation sites is 1. The van der Waals surface area contributed by atoms with Crippen molar-refractivity contribution in [1.29, 1.82) is 0 Å². The van der Waals surface area contributed by atoms with Crippen LogP contribution in [-0.4, -0.2) is 46.3 Å². The summed E-state index contributed by atoms with van der Waals surface area (Å²) >= 11 is 0. The van der Waals surface area contributed by atoms with Crippen molar-refractivity contribution in [1.82, 2.24) is 20.0 Å². The lowest BCUT2D eigenvalue weighted by atomic mass is 10.0. The van der Waals surface area contributed by atoms with E-state index < -0.39 is 0 Å². The molecule has 0 unspecified atom stereocenters. The van der Waals surface area contributed by atoms with Crippen molar-refractivity contribution in [2.75, 3.05) is 19.6 Å². The van der Waals surface area contributed by atoms with Gasteiger partial charge in [-0.2, -0.15) is 9.78 Å². The molecule has 1 aliphatic heterocycles. The minimum Gasteiger partial charge on any atom is -0.351 e. The molecule has 1 fully saturated rings. The Kier molecular flexibility index (Phi) is 6.23. The highest BCUT2D eigenvalue weighted by Gasteiger charge is 2.19. The summed E-state index contributed by atoms with van der Waals surface area (Å²) in [7, 11) is 0. The molecule has 0 radical (unpaired) electrons. The first-order valence-electron chi connectivity index (χ1n) is 10.7. The monoisotopic (exact) mass is 404 g/mol. The highest BCUT2D eigenvalue weighted by molar-refractivity contribution is 6.04. The molecule has 1 aliphatic rings. The number of carbonyl (C=O) groups is 1. The maximum atomic E-state index is 13.0. The number of aromatic nitrogens is 2. The lowest BCUT2D eigenvalue weighted by Crippen LogP contribution is -2.39. The largest absolute Gasteiger partial charge is 0.351 e. The second kappa shape index (κ2) is 9.22. The Bertz CT molecular complexity index is 1080. The number of piperidine rings is 1. The van der Waals surface area contributed by atoms with Gasteiger partial charge >= 0.3 is 0 Å². The van der Waals surface area contributed by atoms with Crippen LogP contribution in [0.1, 0.15) is 43.1 Å². The van der Waals surface area contributed by atoms with Gasteiger partial charge in [-0.1, -0.05) is 42.8 Å². The minimum atomic E-state index is -0.248. The molecule has 2 heterocycles. The summed E-state index contributed by atoms with van der Waals surface area (Å²) in [6.45, 7) is 4.99. The third-order valence-corrected chi connectivity index (χ3v) is 5.87. The number of nitrogens with zero attached hydrogens (tertiary/aromatic N) is 3. The smallest absolute Gasteiger partial charge is 0.279 e. The van der Waals surface area contributed by atoms with Crippen LogP contribution in [0, 0.1) is 0 Å². The summed E-state index contributed by atoms with van der Waals surface area (Å²) in [6, 6.07) is 17.0. The summed E-state index contributed by atoms with van der Waals surface area (Å²) in [5.41, 5.74) is 0.689. The number of likely N-dealkylation sites (tertiary alicyclic amines) is 1. The Balaban J connectivity index is 1.53. The number of amides is 1. The van der Waals surface area contributed by atoms with Crippen molar-refractivity contribution in [3.63, 3.8) is 0 Å². The van der Waals surface area contributed by atoms with Crippen molar-refractivity contribution < 1.29 is 4.79 Å². The molecule has 0 aliphatic carbocycles. The molecule has 0 spiro atoms. The van der Waals surface area contributed by atoms with E-state index in [0.29, 0.717) is 29.0 Å². The van der Waals surface area contributed by atoms with E-state index in [-0.39, 0.29) is 17.2 Å². The van der Waals surface area contributed by atoms with E-state index in [0.717, 1.165) is 19.5 Å². The third kappa shape index (κ3) is 4.28. The van der Waals surface area contributed by atoms with Gasteiger partial charge in [0.05, 0.1) is 11.1 Å². The molecule has 1 amide bonds. The van der Waals surface area contributed by atoms with E-state index in [1.165, 1.54) is 23.9 Å². The number of benzene rings is 2. The fourth-order valence-corrected chi connectivity index (χ4v) is 4.16. The molecule has 1 aromatic heterocycles. The summed E-state index contributed by atoms with van der Waals surface area (Å²) < 4.78 is 1.31. The van der Waals surface area contributed by atoms with E-state index in [1.54, 1.807) is 18.2 Å². The van der Waals surface area contributed by atoms with E-state index in [2.05, 4.69) is 22.2 Å². The lowest BCUT2D eigenvalue weighted by molar-refractivity contribution is 0.0944. The van der Waals surface area contributed by atoms with Crippen LogP contribution < -0.4 is 10.9 Å². The van der Waals surface area contributed by atoms with Crippen LogP contribution in [0.4, 0.5) is 0 Å². The first kappa shape index (κ1) is 20.3. The molecular weight excluding hydrogens is 376 g/mol. The minimum absolute atomic E-state index is 0.229. The zero-order valence-corrected chi connectivity index (χ0v) is 17.4. The van der Waals surface area contributed by atoms with Crippen LogP contribution in [0.5, 0.6) is 0 Å². The van der Waals surface area contributed by atoms with E-state index >= 15 is 0 Å². The molecule has 156 valence electrons. The van der Waals surface area contributed by atoms with Crippen LogP contribution >= 0.6 is 0 Å². The Labute approximate surface area is 176 Å². The highest BCUT2D eigenvalue weighted by Crippen LogP contribution is 2.17. The predicted molar refractivity (Wildman–Crippen MR) is 119 cm³/mol. The zero-order valence-electron chi connectivity index (χ0n) is 17.4. The van der Waals surface area contributed by atoms with Gasteiger partial charge in [0.25, 0.3) is 11.5 Å². The van der Waals surface area contributed by atoms with Gasteiger partial charge in [0.1, 0.15) is 0 Å². The normalized spacial score (nSPS) is 17.2. The van der Waals surface area contributed by atoms with Crippen LogP contribution in [0.2, 0.25) is 0 Å². The molecule has 0 bridgehead atoms. The summed E-state index contributed by atoms with van der Waals surface area (Å²) in [4.78, 5) is 28.4. The first-order chi connectivity index (χ1) is 14.6. The second-order valence-corrected chi connectivity index (χ2v) is 7.94. The SMILES string of the molecule is C[C@@H]1CCCCN1CCCNC(=O)c1nn(-c2ccccc2)c(=O)c2ccccc12. The van der Waals surface area contributed by atoms with Crippen molar-refractivity contribution in [3.8, 4) is 5.69 Å². The fourth-order valence-electron chi connectivity index (χ4n) is 4.16. The average Bonchev–Trinajstić information content (AvgIpc) is 2.79. The molecule has 4 rings (SSSR count). The number of nitrogens with one attached hydrogen (secondary N) is 1. The number of hydrogen-bond acceptors (Lipinski definition) is 4. The quantitative estimate of drug-likeness (QED) is 0.640. The number of rotatable bonds is 6. The van der Waals surface area contributed by atoms with Crippen LogP contribution in [0.25, 0.3) is 16.5 Å². The third-order valence-electron chi connectivity index (χ3n) is 5.87. The molecule has 6 nitrogen and oxygen atoms in total. The topological polar surface area (TPSA) is 67.2 Å². The molecular formula is C24H28N4O2. The van der Waals surface area contributed by atoms with Crippen molar-refractivity contribution in [2.24, 2.45) is 0 Å². The van der Waals surface area contributed by atoms with Gasteiger partial charge in [-0.15, -0.1) is 0 Å². The number of carbonyl (C=O) groups excluding carboxylic acids is 1. The van der Waals surface area contributed by atoms with Gasteiger partial charge in [0, 0.05) is 24.5 Å². The van der Waals surface area contributed by atoms with E-state index in [9.17, 15) is 9.59 Å². The van der Waals surface area contributed by atoms with Crippen molar-refractivity contribution in [2.45, 2.75) is 38.6 Å². The van der Waals surface area contributed by atoms with Crippen LogP contribution in [0.15, 0.2) is 59.4 Å². The Morgan fingerprint density at radius 1 is 1.07 bits per heavy atom. The maximum Gasteiger partial charge on any atom is 0.279 e. The Hall–Kier alpha value is -2.99. The van der Waals surface area contributed by atoms with E-state index in [1.807, 2.05) is 36.4 Å².